The number of hydrogen-bond acceptors (Lipinski definition) is 3. The van der Waals surface area contributed by atoms with Crippen molar-refractivity contribution in [3.63, 3.8) is 0 Å². The van der Waals surface area contributed by atoms with E-state index in [1.54, 1.807) is 12.1 Å². The van der Waals surface area contributed by atoms with Crippen molar-refractivity contribution in [3.8, 4) is 17.2 Å². The molecular weight excluding hydrogens is 444 g/mol. The fourth-order valence-electron chi connectivity index (χ4n) is 5.19. The van der Waals surface area contributed by atoms with Crippen LogP contribution in [-0.2, 0) is 11.8 Å². The lowest BCUT2D eigenvalue weighted by Gasteiger charge is -2.27. The molecule has 0 saturated carbocycles. The predicted octanol–water partition coefficient (Wildman–Crippen LogP) is 7.74. The van der Waals surface area contributed by atoms with E-state index < -0.39 is 0 Å². The second kappa shape index (κ2) is 9.73. The van der Waals surface area contributed by atoms with Gasteiger partial charge >= 0.3 is 0 Å². The fraction of sp³-hybridized carbons (Fsp3) is 0.273. The highest BCUT2D eigenvalue weighted by atomic mass is 16.3. The number of hydrogen-bond donors (Lipinski definition) is 3. The van der Waals surface area contributed by atoms with Crippen LogP contribution >= 0.6 is 0 Å². The standard InChI is InChI=1S/C33H36O3/c1-20-15-24(16-21(2)31(20)35)19-30(26-17-22(3)32(36)23(4)18-26)25-7-9-27(10-8-25)33(5,6)28-11-13-29(34)14-12-28/h7-18,30,34-36H,19H2,1-6H3. The zero-order valence-corrected chi connectivity index (χ0v) is 22.1. The van der Waals surface area contributed by atoms with E-state index in [9.17, 15) is 15.3 Å². The molecule has 0 saturated heterocycles. The van der Waals surface area contributed by atoms with Crippen LogP contribution in [0.1, 0.15) is 69.8 Å². The van der Waals surface area contributed by atoms with Crippen molar-refractivity contribution in [3.05, 3.63) is 123 Å². The molecule has 0 amide bonds. The molecule has 3 nitrogen and oxygen atoms in total. The van der Waals surface area contributed by atoms with Gasteiger partial charge in [-0.1, -0.05) is 74.5 Å². The van der Waals surface area contributed by atoms with Crippen LogP contribution < -0.4 is 0 Å². The number of aromatic hydroxyl groups is 3. The number of phenolic OH excluding ortho intramolecular Hbond substituents is 3. The monoisotopic (exact) mass is 480 g/mol. The van der Waals surface area contributed by atoms with Gasteiger partial charge in [0.1, 0.15) is 17.2 Å². The fourth-order valence-corrected chi connectivity index (χ4v) is 5.19. The molecule has 0 aliphatic rings. The van der Waals surface area contributed by atoms with Gasteiger partial charge in [-0.25, -0.2) is 0 Å². The molecule has 0 bridgehead atoms. The Balaban J connectivity index is 1.76. The maximum absolute atomic E-state index is 10.4. The second-order valence-electron chi connectivity index (χ2n) is 10.6. The van der Waals surface area contributed by atoms with Crippen molar-refractivity contribution < 1.29 is 15.3 Å². The molecule has 1 unspecified atom stereocenters. The van der Waals surface area contributed by atoms with E-state index in [2.05, 4.69) is 62.4 Å². The van der Waals surface area contributed by atoms with Crippen LogP contribution in [0.4, 0.5) is 0 Å². The Morgan fingerprint density at radius 1 is 0.583 bits per heavy atom. The average molecular weight is 481 g/mol. The minimum Gasteiger partial charge on any atom is -0.508 e. The van der Waals surface area contributed by atoms with E-state index in [1.807, 2.05) is 39.8 Å². The summed E-state index contributed by atoms with van der Waals surface area (Å²) in [5, 5.41) is 30.4. The highest BCUT2D eigenvalue weighted by Crippen LogP contribution is 2.37. The van der Waals surface area contributed by atoms with Gasteiger partial charge in [-0.3, -0.25) is 0 Å². The molecule has 0 aliphatic carbocycles. The maximum atomic E-state index is 10.4. The molecule has 0 heterocycles. The lowest BCUT2D eigenvalue weighted by atomic mass is 9.77. The van der Waals surface area contributed by atoms with Crippen molar-refractivity contribution in [1.29, 1.82) is 0 Å². The number of rotatable bonds is 6. The van der Waals surface area contributed by atoms with Gasteiger partial charge in [-0.05, 0) is 96.3 Å². The molecule has 0 radical (unpaired) electrons. The Morgan fingerprint density at radius 3 is 1.47 bits per heavy atom. The summed E-state index contributed by atoms with van der Waals surface area (Å²) in [6, 6.07) is 24.5. The van der Waals surface area contributed by atoms with Crippen LogP contribution in [0.3, 0.4) is 0 Å². The maximum Gasteiger partial charge on any atom is 0.121 e. The van der Waals surface area contributed by atoms with Crippen LogP contribution in [0, 0.1) is 27.7 Å². The molecule has 4 rings (SSSR count). The first-order chi connectivity index (χ1) is 17.0. The summed E-state index contributed by atoms with van der Waals surface area (Å²) in [7, 11) is 0. The molecule has 0 aliphatic heterocycles. The molecule has 1 atom stereocenters. The quantitative estimate of drug-likeness (QED) is 0.264. The van der Waals surface area contributed by atoms with E-state index in [0.29, 0.717) is 11.5 Å². The van der Waals surface area contributed by atoms with E-state index in [-0.39, 0.29) is 17.1 Å². The largest absolute Gasteiger partial charge is 0.508 e. The van der Waals surface area contributed by atoms with Gasteiger partial charge in [0.25, 0.3) is 0 Å². The van der Waals surface area contributed by atoms with Gasteiger partial charge < -0.3 is 15.3 Å². The molecule has 3 N–H and O–H groups in total. The summed E-state index contributed by atoms with van der Waals surface area (Å²) in [5.74, 6) is 1.07. The second-order valence-corrected chi connectivity index (χ2v) is 10.6. The van der Waals surface area contributed by atoms with E-state index >= 15 is 0 Å². The van der Waals surface area contributed by atoms with Crippen molar-refractivity contribution >= 4 is 0 Å². The highest BCUT2D eigenvalue weighted by molar-refractivity contribution is 5.49. The first-order valence-electron chi connectivity index (χ1n) is 12.5. The Hall–Kier alpha value is -3.72. The molecule has 0 fully saturated rings. The van der Waals surface area contributed by atoms with Crippen LogP contribution in [0.5, 0.6) is 17.2 Å². The summed E-state index contributed by atoms with van der Waals surface area (Å²) >= 11 is 0. The Morgan fingerprint density at radius 2 is 1.00 bits per heavy atom. The summed E-state index contributed by atoms with van der Waals surface area (Å²) in [6.45, 7) is 12.2. The third kappa shape index (κ3) is 4.97. The molecular formula is C33H36O3. The van der Waals surface area contributed by atoms with Crippen molar-refractivity contribution in [1.82, 2.24) is 0 Å². The number of aryl methyl sites for hydroxylation is 4. The van der Waals surface area contributed by atoms with Crippen molar-refractivity contribution in [2.75, 3.05) is 0 Å². The van der Waals surface area contributed by atoms with Gasteiger partial charge in [-0.2, -0.15) is 0 Å². The topological polar surface area (TPSA) is 60.7 Å². The molecule has 186 valence electrons. The third-order valence-electron chi connectivity index (χ3n) is 7.53. The van der Waals surface area contributed by atoms with E-state index in [1.165, 1.54) is 16.7 Å². The molecule has 0 spiro atoms. The van der Waals surface area contributed by atoms with Gasteiger partial charge in [0, 0.05) is 11.3 Å². The van der Waals surface area contributed by atoms with Crippen molar-refractivity contribution in [2.45, 2.75) is 59.3 Å². The van der Waals surface area contributed by atoms with E-state index in [0.717, 1.165) is 39.8 Å². The molecule has 0 aromatic heterocycles. The Labute approximate surface area is 214 Å². The van der Waals surface area contributed by atoms with Crippen LogP contribution in [-0.4, -0.2) is 15.3 Å². The van der Waals surface area contributed by atoms with Gasteiger partial charge in [0.05, 0.1) is 0 Å². The zero-order chi connectivity index (χ0) is 26.2. The minimum atomic E-state index is -0.210. The third-order valence-corrected chi connectivity index (χ3v) is 7.53. The predicted molar refractivity (Wildman–Crippen MR) is 147 cm³/mol. The van der Waals surface area contributed by atoms with Gasteiger partial charge in [0.2, 0.25) is 0 Å². The Kier molecular flexibility index (Phi) is 6.86. The lowest BCUT2D eigenvalue weighted by Crippen LogP contribution is -2.19. The highest BCUT2D eigenvalue weighted by Gasteiger charge is 2.24. The van der Waals surface area contributed by atoms with Gasteiger partial charge in [0.15, 0.2) is 0 Å². The SMILES string of the molecule is Cc1cc(CC(c2ccc(C(C)(C)c3ccc(O)cc3)cc2)c2cc(C)c(O)c(C)c2)cc(C)c1O. The molecule has 3 heteroatoms. The smallest absolute Gasteiger partial charge is 0.121 e. The molecule has 4 aromatic rings. The van der Waals surface area contributed by atoms with Crippen molar-refractivity contribution in [2.24, 2.45) is 0 Å². The van der Waals surface area contributed by atoms with Gasteiger partial charge in [-0.15, -0.1) is 0 Å². The number of phenols is 3. The summed E-state index contributed by atoms with van der Waals surface area (Å²) in [6.07, 6.45) is 0.784. The Bertz CT molecular complexity index is 1330. The summed E-state index contributed by atoms with van der Waals surface area (Å²) in [4.78, 5) is 0. The lowest BCUT2D eigenvalue weighted by molar-refractivity contribution is 0.465. The number of benzene rings is 4. The molecule has 4 aromatic carbocycles. The minimum absolute atomic E-state index is 0.0946. The first kappa shape index (κ1) is 25.4. The summed E-state index contributed by atoms with van der Waals surface area (Å²) < 4.78 is 0. The van der Waals surface area contributed by atoms with Crippen LogP contribution in [0.25, 0.3) is 0 Å². The van der Waals surface area contributed by atoms with E-state index in [4.69, 9.17) is 0 Å². The van der Waals surface area contributed by atoms with Crippen LogP contribution in [0.2, 0.25) is 0 Å². The summed E-state index contributed by atoms with van der Waals surface area (Å²) in [5.41, 5.74) is 9.18. The van der Waals surface area contributed by atoms with Crippen LogP contribution in [0.15, 0.2) is 72.8 Å². The normalized spacial score (nSPS) is 12.5. The molecule has 36 heavy (non-hydrogen) atoms. The average Bonchev–Trinajstić information content (AvgIpc) is 2.84. The first-order valence-corrected chi connectivity index (χ1v) is 12.5. The zero-order valence-electron chi connectivity index (χ0n) is 22.1.